The molecule has 1 heterocycles. The second kappa shape index (κ2) is 8.17. The Morgan fingerprint density at radius 3 is 2.90 bits per heavy atom. The van der Waals surface area contributed by atoms with E-state index in [4.69, 9.17) is 9.47 Å². The van der Waals surface area contributed by atoms with Crippen molar-refractivity contribution in [2.45, 2.75) is 36.8 Å². The summed E-state index contributed by atoms with van der Waals surface area (Å²) in [4.78, 5) is 12.9. The number of benzene rings is 1. The minimum atomic E-state index is -0.340. The lowest BCUT2D eigenvalue weighted by atomic mass is 10.2. The van der Waals surface area contributed by atoms with Gasteiger partial charge in [-0.1, -0.05) is 31.5 Å². The van der Waals surface area contributed by atoms with Gasteiger partial charge in [0, 0.05) is 10.6 Å². The Hall–Kier alpha value is -1.20. The Balaban J connectivity index is 1.74. The quantitative estimate of drug-likeness (QED) is 0.455. The summed E-state index contributed by atoms with van der Waals surface area (Å²) >= 11 is 1.72. The molecule has 1 N–H and O–H groups in total. The molecule has 0 saturated carbocycles. The number of hydrogen-bond acceptors (Lipinski definition) is 4. The summed E-state index contributed by atoms with van der Waals surface area (Å²) in [6.45, 7) is 3.26. The molecule has 0 aromatic heterocycles. The maximum atomic E-state index is 11.7. The van der Waals surface area contributed by atoms with Crippen molar-refractivity contribution >= 4 is 17.9 Å². The molecule has 1 amide bonds. The molecule has 1 saturated heterocycles. The first-order valence-corrected chi connectivity index (χ1v) is 8.01. The average molecular weight is 295 g/mol. The molecule has 0 radical (unpaired) electrons. The molecule has 20 heavy (non-hydrogen) atoms. The molecule has 110 valence electrons. The molecule has 2 atom stereocenters. The zero-order chi connectivity index (χ0) is 14.2. The first-order valence-electron chi connectivity index (χ1n) is 7.02. The summed E-state index contributed by atoms with van der Waals surface area (Å²) in [5.41, 5.74) is 0. The van der Waals surface area contributed by atoms with Gasteiger partial charge in [0.1, 0.15) is 6.10 Å². The molecule has 4 nitrogen and oxygen atoms in total. The Kier molecular flexibility index (Phi) is 6.21. The zero-order valence-electron chi connectivity index (χ0n) is 11.7. The van der Waals surface area contributed by atoms with E-state index in [1.165, 1.54) is 4.90 Å². The lowest BCUT2D eigenvalue weighted by Crippen LogP contribution is -2.41. The number of ether oxygens (including phenoxy) is 2. The van der Waals surface area contributed by atoms with E-state index in [0.29, 0.717) is 6.61 Å². The van der Waals surface area contributed by atoms with Crippen molar-refractivity contribution in [3.05, 3.63) is 30.3 Å². The Morgan fingerprint density at radius 1 is 1.50 bits per heavy atom. The van der Waals surface area contributed by atoms with Crippen molar-refractivity contribution in [2.75, 3.05) is 19.0 Å². The topological polar surface area (TPSA) is 50.9 Å². The number of carbonyl (C=O) groups excluding carboxylic acids is 1. The van der Waals surface area contributed by atoms with Crippen molar-refractivity contribution in [2.24, 2.45) is 0 Å². The first-order chi connectivity index (χ1) is 9.79. The summed E-state index contributed by atoms with van der Waals surface area (Å²) in [7, 11) is 0. The second-order valence-electron chi connectivity index (χ2n) is 4.74. The monoisotopic (exact) mass is 295 g/mol. The summed E-state index contributed by atoms with van der Waals surface area (Å²) < 4.78 is 10.4. The van der Waals surface area contributed by atoms with Crippen LogP contribution >= 0.6 is 11.8 Å². The van der Waals surface area contributed by atoms with Gasteiger partial charge < -0.3 is 14.8 Å². The third-order valence-corrected chi connectivity index (χ3v) is 4.15. The number of amides is 1. The largest absolute Gasteiger partial charge is 0.450 e. The number of carbonyl (C=O) groups is 1. The van der Waals surface area contributed by atoms with Crippen LogP contribution < -0.4 is 5.32 Å². The van der Waals surface area contributed by atoms with Crippen LogP contribution in [0, 0.1) is 0 Å². The number of unbranched alkanes of at least 4 members (excludes halogenated alkanes) is 1. The van der Waals surface area contributed by atoms with Gasteiger partial charge in [0.2, 0.25) is 0 Å². The summed E-state index contributed by atoms with van der Waals surface area (Å²) in [5.74, 6) is 0.789. The molecule has 1 aliphatic rings. The number of hydrogen-bond donors (Lipinski definition) is 1. The zero-order valence-corrected chi connectivity index (χ0v) is 12.5. The molecule has 0 aliphatic carbocycles. The van der Waals surface area contributed by atoms with E-state index in [1.807, 2.05) is 18.2 Å². The molecule has 1 unspecified atom stereocenters. The highest BCUT2D eigenvalue weighted by Gasteiger charge is 2.34. The normalized spacial score (nSPS) is 18.4. The van der Waals surface area contributed by atoms with Gasteiger partial charge in [-0.25, -0.2) is 4.79 Å². The number of nitrogens with one attached hydrogen (secondary N) is 1. The maximum Gasteiger partial charge on any atom is 0.407 e. The second-order valence-corrected chi connectivity index (χ2v) is 5.83. The van der Waals surface area contributed by atoms with Crippen LogP contribution in [0.25, 0.3) is 0 Å². The van der Waals surface area contributed by atoms with Crippen LogP contribution in [0.4, 0.5) is 4.79 Å². The molecule has 5 heteroatoms. The number of thioether (sulfide) groups is 1. The van der Waals surface area contributed by atoms with Crippen molar-refractivity contribution in [3.8, 4) is 0 Å². The van der Waals surface area contributed by atoms with Gasteiger partial charge in [-0.05, 0) is 18.6 Å². The van der Waals surface area contributed by atoms with Gasteiger partial charge in [0.25, 0.3) is 0 Å². The highest BCUT2D eigenvalue weighted by molar-refractivity contribution is 7.99. The lowest BCUT2D eigenvalue weighted by Gasteiger charge is -2.16. The number of epoxide rings is 1. The van der Waals surface area contributed by atoms with Crippen LogP contribution in [0.5, 0.6) is 0 Å². The van der Waals surface area contributed by atoms with Gasteiger partial charge >= 0.3 is 6.09 Å². The predicted molar refractivity (Wildman–Crippen MR) is 80.1 cm³/mol. The fraction of sp³-hybridized carbons (Fsp3) is 0.533. The van der Waals surface area contributed by atoms with E-state index >= 15 is 0 Å². The van der Waals surface area contributed by atoms with Gasteiger partial charge in [-0.15, -0.1) is 11.8 Å². The van der Waals surface area contributed by atoms with Gasteiger partial charge in [-0.2, -0.15) is 0 Å². The van der Waals surface area contributed by atoms with Gasteiger partial charge in [0.15, 0.2) is 0 Å². The third kappa shape index (κ3) is 5.43. The van der Waals surface area contributed by atoms with Crippen LogP contribution in [0.2, 0.25) is 0 Å². The molecule has 0 bridgehead atoms. The molecule has 1 aromatic rings. The van der Waals surface area contributed by atoms with Crippen molar-refractivity contribution in [1.82, 2.24) is 5.32 Å². The fourth-order valence-corrected chi connectivity index (χ4v) is 2.75. The minimum absolute atomic E-state index is 0.00864. The highest BCUT2D eigenvalue weighted by Crippen LogP contribution is 2.23. The predicted octanol–water partition coefficient (Wildman–Crippen LogP) is 3.07. The number of alkyl carbamates (subject to hydrolysis) is 1. The molecule has 0 spiro atoms. The van der Waals surface area contributed by atoms with Crippen molar-refractivity contribution in [1.29, 1.82) is 0 Å². The lowest BCUT2D eigenvalue weighted by molar-refractivity contribution is 0.139. The van der Waals surface area contributed by atoms with Crippen LogP contribution in [0.1, 0.15) is 19.8 Å². The maximum absolute atomic E-state index is 11.7. The average Bonchev–Trinajstić information content (AvgIpc) is 3.29. The molecule has 2 rings (SSSR count). The third-order valence-electron chi connectivity index (χ3n) is 3.01. The summed E-state index contributed by atoms with van der Waals surface area (Å²) in [6.07, 6.45) is 1.71. The van der Waals surface area contributed by atoms with Crippen molar-refractivity contribution in [3.63, 3.8) is 0 Å². The van der Waals surface area contributed by atoms with E-state index < -0.39 is 0 Å². The van der Waals surface area contributed by atoms with Crippen LogP contribution in [0.3, 0.4) is 0 Å². The van der Waals surface area contributed by atoms with Crippen LogP contribution in [0.15, 0.2) is 35.2 Å². The van der Waals surface area contributed by atoms with Crippen molar-refractivity contribution < 1.29 is 14.3 Å². The van der Waals surface area contributed by atoms with Gasteiger partial charge in [0.05, 0.1) is 19.3 Å². The number of rotatable bonds is 8. The minimum Gasteiger partial charge on any atom is -0.450 e. The highest BCUT2D eigenvalue weighted by atomic mass is 32.2. The summed E-state index contributed by atoms with van der Waals surface area (Å²) in [5, 5.41) is 2.90. The smallest absolute Gasteiger partial charge is 0.407 e. The van der Waals surface area contributed by atoms with E-state index in [1.54, 1.807) is 11.8 Å². The van der Waals surface area contributed by atoms with Gasteiger partial charge in [-0.3, -0.25) is 0 Å². The van der Waals surface area contributed by atoms with Crippen LogP contribution in [-0.4, -0.2) is 37.2 Å². The Labute approximate surface area is 124 Å². The summed E-state index contributed by atoms with van der Waals surface area (Å²) in [6, 6.07) is 10.2. The Morgan fingerprint density at radius 2 is 2.25 bits per heavy atom. The SMILES string of the molecule is CCCCOC(=O)NC(CSc1ccccc1)[C@H]1CO1. The fourth-order valence-electron chi connectivity index (χ4n) is 1.73. The van der Waals surface area contributed by atoms with Crippen LogP contribution in [-0.2, 0) is 9.47 Å². The molecular formula is C15H21NO3S. The molecular weight excluding hydrogens is 274 g/mol. The molecule has 1 fully saturated rings. The van der Waals surface area contributed by atoms with E-state index in [0.717, 1.165) is 25.2 Å². The molecule has 1 aliphatic heterocycles. The first kappa shape index (κ1) is 15.2. The standard InChI is InChI=1S/C15H21NO3S/c1-2-3-9-18-15(17)16-13(14-10-19-14)11-20-12-7-5-4-6-8-12/h4-8,13-14H,2-3,9-11H2,1H3,(H,16,17)/t13?,14-/m1/s1. The Bertz CT molecular complexity index is 409. The van der Waals surface area contributed by atoms with E-state index in [-0.39, 0.29) is 18.2 Å². The van der Waals surface area contributed by atoms with E-state index in [9.17, 15) is 4.79 Å². The van der Waals surface area contributed by atoms with E-state index in [2.05, 4.69) is 24.4 Å². The molecule has 1 aromatic carbocycles.